The summed E-state index contributed by atoms with van der Waals surface area (Å²) < 4.78 is 13.8. The Kier molecular flexibility index (Phi) is 3.01. The van der Waals surface area contributed by atoms with E-state index < -0.39 is 11.9 Å². The van der Waals surface area contributed by atoms with Gasteiger partial charge in [-0.2, -0.15) is 5.26 Å². The van der Waals surface area contributed by atoms with Crippen LogP contribution in [0, 0.1) is 17.1 Å². The molecule has 1 heterocycles. The average molecular weight is 255 g/mol. The molecule has 1 fully saturated rings. The first-order valence-electron chi connectivity index (χ1n) is 4.91. The lowest BCUT2D eigenvalue weighted by Gasteiger charge is -2.17. The van der Waals surface area contributed by atoms with Crippen LogP contribution < -0.4 is 4.90 Å². The first-order valence-corrected chi connectivity index (χ1v) is 5.29. The number of hydrogen-bond donors (Lipinski definition) is 1. The van der Waals surface area contributed by atoms with Crippen molar-refractivity contribution >= 4 is 23.2 Å². The summed E-state index contributed by atoms with van der Waals surface area (Å²) in [6, 6.07) is 4.41. The summed E-state index contributed by atoms with van der Waals surface area (Å²) in [7, 11) is 0. The number of carbonyl (C=O) groups is 1. The molecule has 17 heavy (non-hydrogen) atoms. The molecule has 0 aliphatic carbocycles. The van der Waals surface area contributed by atoms with Gasteiger partial charge in [0.1, 0.15) is 6.07 Å². The molecule has 4 nitrogen and oxygen atoms in total. The van der Waals surface area contributed by atoms with Gasteiger partial charge in [-0.15, -0.1) is 0 Å². The monoisotopic (exact) mass is 254 g/mol. The third kappa shape index (κ3) is 1.97. The van der Waals surface area contributed by atoms with Crippen LogP contribution in [0.1, 0.15) is 12.0 Å². The Hall–Kier alpha value is -1.64. The second kappa shape index (κ2) is 4.32. The summed E-state index contributed by atoms with van der Waals surface area (Å²) >= 11 is 5.66. The van der Waals surface area contributed by atoms with Crippen LogP contribution in [0.4, 0.5) is 10.1 Å². The van der Waals surface area contributed by atoms with Gasteiger partial charge in [0.05, 0.1) is 35.3 Å². The topological polar surface area (TPSA) is 64.3 Å². The van der Waals surface area contributed by atoms with E-state index in [0.717, 1.165) is 4.90 Å². The Morgan fingerprint density at radius 1 is 1.59 bits per heavy atom. The highest BCUT2D eigenvalue weighted by Crippen LogP contribution is 2.31. The maximum Gasteiger partial charge on any atom is 0.229 e. The third-order valence-corrected chi connectivity index (χ3v) is 2.95. The molecule has 1 aromatic rings. The maximum atomic E-state index is 13.8. The van der Waals surface area contributed by atoms with Crippen LogP contribution in [0.2, 0.25) is 5.02 Å². The number of nitrogens with zero attached hydrogens (tertiary/aromatic N) is 2. The molecule has 6 heteroatoms. The quantitative estimate of drug-likeness (QED) is 0.825. The Morgan fingerprint density at radius 2 is 2.29 bits per heavy atom. The van der Waals surface area contributed by atoms with E-state index >= 15 is 0 Å². The highest BCUT2D eigenvalue weighted by molar-refractivity contribution is 6.32. The molecule has 1 atom stereocenters. The van der Waals surface area contributed by atoms with E-state index in [2.05, 4.69) is 0 Å². The van der Waals surface area contributed by atoms with E-state index in [9.17, 15) is 14.3 Å². The number of amides is 1. The molecule has 88 valence electrons. The van der Waals surface area contributed by atoms with Gasteiger partial charge in [0.25, 0.3) is 0 Å². The van der Waals surface area contributed by atoms with Gasteiger partial charge in [-0.05, 0) is 12.1 Å². The zero-order valence-corrected chi connectivity index (χ0v) is 9.41. The summed E-state index contributed by atoms with van der Waals surface area (Å²) in [6.07, 6.45) is -0.826. The SMILES string of the molecule is N#Cc1ccc(N2C[C@@H](O)CC2=O)c(F)c1Cl. The summed E-state index contributed by atoms with van der Waals surface area (Å²) in [5.74, 6) is -1.18. The number of halogens is 2. The lowest BCUT2D eigenvalue weighted by Crippen LogP contribution is -2.26. The molecule has 1 aliphatic heterocycles. The van der Waals surface area contributed by atoms with Crippen molar-refractivity contribution in [1.82, 2.24) is 0 Å². The van der Waals surface area contributed by atoms with Crippen molar-refractivity contribution in [2.45, 2.75) is 12.5 Å². The molecular formula is C11H8ClFN2O2. The van der Waals surface area contributed by atoms with Gasteiger partial charge in [-0.3, -0.25) is 4.79 Å². The molecule has 1 saturated heterocycles. The van der Waals surface area contributed by atoms with E-state index in [1.807, 2.05) is 0 Å². The number of nitriles is 1. The zero-order valence-electron chi connectivity index (χ0n) is 8.65. The standard InChI is InChI=1S/C11H8ClFN2O2/c12-10-6(4-14)1-2-8(11(10)13)15-5-7(16)3-9(15)17/h1-2,7,16H,3,5H2/t7-/m0/s1. The van der Waals surface area contributed by atoms with Crippen LogP contribution in [-0.4, -0.2) is 23.7 Å². The van der Waals surface area contributed by atoms with Crippen molar-refractivity contribution in [3.05, 3.63) is 28.5 Å². The number of carbonyl (C=O) groups excluding carboxylic acids is 1. The molecule has 0 aromatic heterocycles. The number of hydrogen-bond acceptors (Lipinski definition) is 3. The molecule has 1 aromatic carbocycles. The van der Waals surface area contributed by atoms with Gasteiger partial charge in [0.15, 0.2) is 5.82 Å². The summed E-state index contributed by atoms with van der Waals surface area (Å²) in [5, 5.41) is 17.7. The number of β-amino-alcohol motifs (C(OH)–C–C–N with tert-alkyl or cyclic N) is 1. The van der Waals surface area contributed by atoms with Gasteiger partial charge < -0.3 is 10.0 Å². The first-order chi connectivity index (χ1) is 8.04. The van der Waals surface area contributed by atoms with Crippen LogP contribution in [0.5, 0.6) is 0 Å². The summed E-state index contributed by atoms with van der Waals surface area (Å²) in [5.41, 5.74) is 0.00987. The van der Waals surface area contributed by atoms with Gasteiger partial charge in [-0.1, -0.05) is 11.6 Å². The molecule has 0 bridgehead atoms. The minimum atomic E-state index is -0.812. The molecule has 0 unspecified atom stereocenters. The van der Waals surface area contributed by atoms with Crippen molar-refractivity contribution in [2.24, 2.45) is 0 Å². The number of aliphatic hydroxyl groups excluding tert-OH is 1. The van der Waals surface area contributed by atoms with E-state index in [1.54, 1.807) is 6.07 Å². The lowest BCUT2D eigenvalue weighted by molar-refractivity contribution is -0.117. The van der Waals surface area contributed by atoms with Crippen LogP contribution in [0.3, 0.4) is 0 Å². The fourth-order valence-electron chi connectivity index (χ4n) is 1.76. The smallest absolute Gasteiger partial charge is 0.229 e. The van der Waals surface area contributed by atoms with E-state index in [4.69, 9.17) is 16.9 Å². The zero-order chi connectivity index (χ0) is 12.6. The van der Waals surface area contributed by atoms with Gasteiger partial charge in [-0.25, -0.2) is 4.39 Å². The predicted molar refractivity (Wildman–Crippen MR) is 59.1 cm³/mol. The maximum absolute atomic E-state index is 13.8. The normalized spacial score (nSPS) is 19.5. The Labute approximate surface area is 102 Å². The number of rotatable bonds is 1. The van der Waals surface area contributed by atoms with Crippen LogP contribution in [0.25, 0.3) is 0 Å². The molecule has 0 saturated carbocycles. The van der Waals surface area contributed by atoms with Crippen molar-refractivity contribution in [3.63, 3.8) is 0 Å². The number of aliphatic hydroxyl groups is 1. The molecule has 1 aliphatic rings. The number of benzene rings is 1. The molecular weight excluding hydrogens is 247 g/mol. The second-order valence-electron chi connectivity index (χ2n) is 3.73. The first kappa shape index (κ1) is 11.8. The highest BCUT2D eigenvalue weighted by atomic mass is 35.5. The van der Waals surface area contributed by atoms with Crippen LogP contribution >= 0.6 is 11.6 Å². The summed E-state index contributed by atoms with van der Waals surface area (Å²) in [6.45, 7) is 0.0397. The molecule has 1 N–H and O–H groups in total. The van der Waals surface area contributed by atoms with Crippen molar-refractivity contribution in [1.29, 1.82) is 5.26 Å². The van der Waals surface area contributed by atoms with E-state index in [0.29, 0.717) is 0 Å². The van der Waals surface area contributed by atoms with Gasteiger partial charge in [0.2, 0.25) is 5.91 Å². The Bertz CT molecular complexity index is 527. The highest BCUT2D eigenvalue weighted by Gasteiger charge is 2.31. The average Bonchev–Trinajstić information content (AvgIpc) is 2.62. The molecule has 0 spiro atoms. The fraction of sp³-hybridized carbons (Fsp3) is 0.273. The van der Waals surface area contributed by atoms with Crippen LogP contribution in [-0.2, 0) is 4.79 Å². The molecule has 1 amide bonds. The van der Waals surface area contributed by atoms with Gasteiger partial charge in [0, 0.05) is 0 Å². The van der Waals surface area contributed by atoms with Crippen LogP contribution in [0.15, 0.2) is 12.1 Å². The fourth-order valence-corrected chi connectivity index (χ4v) is 1.96. The largest absolute Gasteiger partial charge is 0.391 e. The minimum absolute atomic E-state index is 0.00412. The van der Waals surface area contributed by atoms with E-state index in [1.165, 1.54) is 12.1 Å². The van der Waals surface area contributed by atoms with Crippen molar-refractivity contribution in [2.75, 3.05) is 11.4 Å². The lowest BCUT2D eigenvalue weighted by atomic mass is 10.2. The third-order valence-electron chi connectivity index (χ3n) is 2.58. The summed E-state index contributed by atoms with van der Waals surface area (Å²) in [4.78, 5) is 12.6. The van der Waals surface area contributed by atoms with Crippen molar-refractivity contribution in [3.8, 4) is 6.07 Å². The van der Waals surface area contributed by atoms with E-state index in [-0.39, 0.29) is 35.1 Å². The second-order valence-corrected chi connectivity index (χ2v) is 4.11. The molecule has 2 rings (SSSR count). The Morgan fingerprint density at radius 3 is 2.82 bits per heavy atom. The van der Waals surface area contributed by atoms with Gasteiger partial charge >= 0.3 is 0 Å². The van der Waals surface area contributed by atoms with Crippen molar-refractivity contribution < 1.29 is 14.3 Å². The Balaban J connectivity index is 2.45. The molecule has 0 radical (unpaired) electrons. The number of anilines is 1. The minimum Gasteiger partial charge on any atom is -0.391 e. The predicted octanol–water partition coefficient (Wildman–Crippen LogP) is 1.45.